The Bertz CT molecular complexity index is 407. The molecule has 0 aliphatic heterocycles. The molecule has 0 aliphatic carbocycles. The number of carbonyl (C=O) groups is 2. The van der Waals surface area contributed by atoms with Gasteiger partial charge in [-0.15, -0.1) is 0 Å². The number of unbranched alkanes of at least 4 members (excludes halogenated alkanes) is 6. The maximum Gasteiger partial charge on any atom is 0.243 e. The summed E-state index contributed by atoms with van der Waals surface area (Å²) in [5, 5.41) is 5.85. The second-order valence-corrected chi connectivity index (χ2v) is 7.39. The van der Waals surface area contributed by atoms with Gasteiger partial charge in [0.05, 0.1) is 0 Å². The molecule has 2 amide bonds. The molecule has 0 spiro atoms. The molecule has 0 bridgehead atoms. The van der Waals surface area contributed by atoms with Crippen molar-refractivity contribution in [2.24, 2.45) is 0 Å². The first-order valence-corrected chi connectivity index (χ1v) is 11.2. The highest BCUT2D eigenvalue weighted by atomic mass is 16.2. The van der Waals surface area contributed by atoms with Crippen LogP contribution >= 0.6 is 0 Å². The summed E-state index contributed by atoms with van der Waals surface area (Å²) in [6.45, 7) is 7.62. The monoisotopic (exact) mass is 393 g/mol. The molecule has 162 valence electrons. The fourth-order valence-electron chi connectivity index (χ4n) is 2.76. The average molecular weight is 394 g/mol. The van der Waals surface area contributed by atoms with E-state index in [1.807, 2.05) is 12.2 Å². The fraction of sp³-hybridized carbons (Fsp3) is 0.739. The molecule has 0 heterocycles. The third-order valence-corrected chi connectivity index (χ3v) is 4.52. The number of carbonyl (C=O) groups excluding carboxylic acids is 2. The number of hydrogen-bond donors (Lipinski definition) is 2. The van der Waals surface area contributed by atoms with Gasteiger partial charge in [-0.3, -0.25) is 9.59 Å². The molecular formula is C23H43N3O2. The minimum atomic E-state index is 0.00427. The average Bonchev–Trinajstić information content (AvgIpc) is 2.68. The van der Waals surface area contributed by atoms with E-state index in [4.69, 9.17) is 0 Å². The van der Waals surface area contributed by atoms with Crippen molar-refractivity contribution >= 4 is 11.8 Å². The molecule has 0 saturated heterocycles. The van der Waals surface area contributed by atoms with Crippen LogP contribution in [-0.4, -0.2) is 49.9 Å². The van der Waals surface area contributed by atoms with Crippen LogP contribution in [0, 0.1) is 0 Å². The zero-order chi connectivity index (χ0) is 20.9. The van der Waals surface area contributed by atoms with Crippen LogP contribution in [0.25, 0.3) is 0 Å². The molecule has 0 unspecified atom stereocenters. The highest BCUT2D eigenvalue weighted by molar-refractivity contribution is 5.87. The molecule has 0 saturated carbocycles. The van der Waals surface area contributed by atoms with Gasteiger partial charge in [0.15, 0.2) is 0 Å². The second kappa shape index (κ2) is 20.1. The van der Waals surface area contributed by atoms with Crippen molar-refractivity contribution in [3.63, 3.8) is 0 Å². The largest absolute Gasteiger partial charge is 0.353 e. The van der Waals surface area contributed by atoms with E-state index < -0.39 is 0 Å². The van der Waals surface area contributed by atoms with Gasteiger partial charge in [-0.05, 0) is 70.8 Å². The number of amides is 2. The van der Waals surface area contributed by atoms with E-state index in [-0.39, 0.29) is 11.8 Å². The number of nitrogens with zero attached hydrogens (tertiary/aromatic N) is 1. The van der Waals surface area contributed by atoms with E-state index in [1.165, 1.54) is 25.7 Å². The molecule has 0 aromatic heterocycles. The Kier molecular flexibility index (Phi) is 19.0. The van der Waals surface area contributed by atoms with Crippen LogP contribution in [0.15, 0.2) is 24.3 Å². The quantitative estimate of drug-likeness (QED) is 0.271. The minimum absolute atomic E-state index is 0.00427. The molecule has 28 heavy (non-hydrogen) atoms. The predicted octanol–water partition coefficient (Wildman–Crippen LogP) is 4.20. The third-order valence-electron chi connectivity index (χ3n) is 4.52. The van der Waals surface area contributed by atoms with Crippen LogP contribution in [0.5, 0.6) is 0 Å². The maximum absolute atomic E-state index is 11.7. The summed E-state index contributed by atoms with van der Waals surface area (Å²) in [5.41, 5.74) is 0. The van der Waals surface area contributed by atoms with Gasteiger partial charge in [0.1, 0.15) is 0 Å². The van der Waals surface area contributed by atoms with Crippen LogP contribution in [0.2, 0.25) is 0 Å². The van der Waals surface area contributed by atoms with Crippen molar-refractivity contribution in [1.29, 1.82) is 0 Å². The summed E-state index contributed by atoms with van der Waals surface area (Å²) in [4.78, 5) is 25.6. The van der Waals surface area contributed by atoms with Crippen LogP contribution in [-0.2, 0) is 9.59 Å². The lowest BCUT2D eigenvalue weighted by atomic mass is 10.2. The van der Waals surface area contributed by atoms with Crippen molar-refractivity contribution in [1.82, 2.24) is 15.5 Å². The standard InChI is InChI=1S/C23H43N3O2/c1-4-6-8-10-12-16-22(27)24-18-14-20-26(3)21-15-19-25-23(28)17-13-11-9-7-5-2/h12-13,16-17H,4-11,14-15,18-21H2,1-3H3,(H,24,27)(H,25,28)/b16-12+,17-13+. The normalized spacial score (nSPS) is 11.6. The van der Waals surface area contributed by atoms with Crippen LogP contribution in [0.1, 0.15) is 78.1 Å². The number of rotatable bonds is 18. The first-order chi connectivity index (χ1) is 13.6. The number of nitrogens with one attached hydrogen (secondary N) is 2. The lowest BCUT2D eigenvalue weighted by molar-refractivity contribution is -0.117. The highest BCUT2D eigenvalue weighted by Gasteiger charge is 2.00. The van der Waals surface area contributed by atoms with Gasteiger partial charge in [-0.2, -0.15) is 0 Å². The first-order valence-electron chi connectivity index (χ1n) is 11.2. The molecule has 5 nitrogen and oxygen atoms in total. The molecule has 0 rings (SSSR count). The maximum atomic E-state index is 11.7. The Hall–Kier alpha value is -1.62. The Balaban J connectivity index is 3.55. The SMILES string of the molecule is CCCCC/C=C/C(=O)NCCCN(C)CCCNC(=O)/C=C/CCCCC. The van der Waals surface area contributed by atoms with Gasteiger partial charge >= 0.3 is 0 Å². The third kappa shape index (κ3) is 19.2. The van der Waals surface area contributed by atoms with Gasteiger partial charge in [0.25, 0.3) is 0 Å². The van der Waals surface area contributed by atoms with E-state index >= 15 is 0 Å². The van der Waals surface area contributed by atoms with E-state index in [0.29, 0.717) is 13.1 Å². The van der Waals surface area contributed by atoms with Crippen molar-refractivity contribution in [3.8, 4) is 0 Å². The van der Waals surface area contributed by atoms with E-state index in [0.717, 1.165) is 51.6 Å². The van der Waals surface area contributed by atoms with Crippen molar-refractivity contribution in [2.45, 2.75) is 78.1 Å². The number of allylic oxidation sites excluding steroid dienone is 2. The summed E-state index contributed by atoms with van der Waals surface area (Å²) in [6.07, 6.45) is 18.2. The Morgan fingerprint density at radius 1 is 0.714 bits per heavy atom. The van der Waals surface area contributed by atoms with Crippen molar-refractivity contribution in [2.75, 3.05) is 33.2 Å². The second-order valence-electron chi connectivity index (χ2n) is 7.39. The van der Waals surface area contributed by atoms with Gasteiger partial charge < -0.3 is 15.5 Å². The zero-order valence-electron chi connectivity index (χ0n) is 18.5. The minimum Gasteiger partial charge on any atom is -0.353 e. The summed E-state index contributed by atoms with van der Waals surface area (Å²) >= 11 is 0. The van der Waals surface area contributed by atoms with E-state index in [2.05, 4.69) is 36.4 Å². The molecule has 0 aromatic rings. The fourth-order valence-corrected chi connectivity index (χ4v) is 2.76. The Labute approximate surface area is 173 Å². The summed E-state index contributed by atoms with van der Waals surface area (Å²) in [5.74, 6) is 0.00854. The molecule has 0 aromatic carbocycles. The zero-order valence-corrected chi connectivity index (χ0v) is 18.5. The van der Waals surface area contributed by atoms with E-state index in [9.17, 15) is 9.59 Å². The van der Waals surface area contributed by atoms with Gasteiger partial charge in [0, 0.05) is 13.1 Å². The summed E-state index contributed by atoms with van der Waals surface area (Å²) in [7, 11) is 2.07. The topological polar surface area (TPSA) is 61.4 Å². The van der Waals surface area contributed by atoms with Gasteiger partial charge in [-0.1, -0.05) is 51.7 Å². The molecule has 0 radical (unpaired) electrons. The Morgan fingerprint density at radius 3 is 1.54 bits per heavy atom. The number of hydrogen-bond acceptors (Lipinski definition) is 3. The molecule has 0 atom stereocenters. The smallest absolute Gasteiger partial charge is 0.243 e. The molecule has 2 N–H and O–H groups in total. The van der Waals surface area contributed by atoms with Gasteiger partial charge in [-0.25, -0.2) is 0 Å². The Morgan fingerprint density at radius 2 is 1.14 bits per heavy atom. The van der Waals surface area contributed by atoms with Crippen molar-refractivity contribution < 1.29 is 9.59 Å². The molecule has 0 aliphatic rings. The summed E-state index contributed by atoms with van der Waals surface area (Å²) in [6, 6.07) is 0. The molecular weight excluding hydrogens is 350 g/mol. The van der Waals surface area contributed by atoms with E-state index in [1.54, 1.807) is 12.2 Å². The lowest BCUT2D eigenvalue weighted by Gasteiger charge is -2.16. The van der Waals surface area contributed by atoms with Gasteiger partial charge in [0.2, 0.25) is 11.8 Å². The van der Waals surface area contributed by atoms with Crippen molar-refractivity contribution in [3.05, 3.63) is 24.3 Å². The molecule has 0 fully saturated rings. The summed E-state index contributed by atoms with van der Waals surface area (Å²) < 4.78 is 0. The van der Waals surface area contributed by atoms with Crippen LogP contribution in [0.4, 0.5) is 0 Å². The van der Waals surface area contributed by atoms with Crippen LogP contribution in [0.3, 0.4) is 0 Å². The van der Waals surface area contributed by atoms with Crippen LogP contribution < -0.4 is 10.6 Å². The lowest BCUT2D eigenvalue weighted by Crippen LogP contribution is -2.29. The predicted molar refractivity (Wildman–Crippen MR) is 119 cm³/mol. The molecule has 5 heteroatoms. The highest BCUT2D eigenvalue weighted by Crippen LogP contribution is 2.00. The first kappa shape index (κ1) is 26.4.